The summed E-state index contributed by atoms with van der Waals surface area (Å²) in [5, 5.41) is 9.60. The van der Waals surface area contributed by atoms with Gasteiger partial charge in [-0.15, -0.1) is 0 Å². The second-order valence-electron chi connectivity index (χ2n) is 5.76. The Morgan fingerprint density at radius 1 is 1.04 bits per heavy atom. The fourth-order valence-corrected chi connectivity index (χ4v) is 3.65. The number of benzene rings is 1. The van der Waals surface area contributed by atoms with E-state index < -0.39 is 29.6 Å². The third-order valence-corrected chi connectivity index (χ3v) is 4.79. The van der Waals surface area contributed by atoms with Crippen LogP contribution in [0.2, 0.25) is 5.02 Å². The molecule has 2 aliphatic rings. The topological polar surface area (TPSA) is 95.5 Å². The van der Waals surface area contributed by atoms with Gasteiger partial charge in [-0.05, 0) is 30.4 Å². The van der Waals surface area contributed by atoms with E-state index in [1.807, 2.05) is 12.2 Å². The van der Waals surface area contributed by atoms with Crippen molar-refractivity contribution in [2.45, 2.75) is 6.42 Å². The molecule has 1 fully saturated rings. The van der Waals surface area contributed by atoms with Gasteiger partial charge in [-0.1, -0.05) is 35.9 Å². The maximum atomic E-state index is 12.3. The summed E-state index contributed by atoms with van der Waals surface area (Å²) in [6.45, 7) is 0. The summed E-state index contributed by atoms with van der Waals surface area (Å²) < 4.78 is 0. The second kappa shape index (κ2) is 6.04. The number of nitrogens with one attached hydrogen (secondary N) is 2. The Kier molecular flexibility index (Phi) is 4.09. The lowest BCUT2D eigenvalue weighted by Gasteiger charge is -2.23. The molecule has 0 heterocycles. The molecule has 4 atom stereocenters. The van der Waals surface area contributed by atoms with Crippen LogP contribution >= 0.6 is 11.6 Å². The first-order chi connectivity index (χ1) is 11.0. The number of carbonyl (C=O) groups is 3. The van der Waals surface area contributed by atoms with Crippen LogP contribution in [0.1, 0.15) is 16.8 Å². The van der Waals surface area contributed by atoms with E-state index in [0.717, 1.165) is 0 Å². The van der Waals surface area contributed by atoms with Crippen LogP contribution in [-0.2, 0) is 9.59 Å². The van der Waals surface area contributed by atoms with E-state index in [1.54, 1.807) is 18.2 Å². The molecular weight excluding hydrogens is 320 g/mol. The van der Waals surface area contributed by atoms with Gasteiger partial charge in [0, 0.05) is 0 Å². The van der Waals surface area contributed by atoms with Crippen molar-refractivity contribution < 1.29 is 19.5 Å². The van der Waals surface area contributed by atoms with Gasteiger partial charge in [0.15, 0.2) is 0 Å². The minimum atomic E-state index is -0.987. The Morgan fingerprint density at radius 2 is 1.70 bits per heavy atom. The largest absolute Gasteiger partial charge is 0.481 e. The number of carboxylic acid groups (broad SMARTS) is 1. The van der Waals surface area contributed by atoms with Crippen molar-refractivity contribution in [2.24, 2.45) is 23.7 Å². The summed E-state index contributed by atoms with van der Waals surface area (Å²) in [7, 11) is 0. The zero-order valence-electron chi connectivity index (χ0n) is 12.0. The highest BCUT2D eigenvalue weighted by molar-refractivity contribution is 6.33. The third kappa shape index (κ3) is 2.82. The fraction of sp³-hybridized carbons (Fsp3) is 0.312. The standard InChI is InChI=1S/C16H15ClN2O4/c17-11-4-2-1-3-10(11)14(20)18-19-15(21)12-8-5-6-9(7-8)13(12)16(22)23/h1-6,8-9,12-13H,7H2,(H,18,20)(H,19,21)(H,22,23)/t8-,9+,12?,13?/m1/s1. The average Bonchev–Trinajstić information content (AvgIpc) is 3.13. The number of fused-ring (bicyclic) bond motifs is 2. The van der Waals surface area contributed by atoms with Crippen molar-refractivity contribution >= 4 is 29.4 Å². The zero-order valence-corrected chi connectivity index (χ0v) is 12.8. The first kappa shape index (κ1) is 15.6. The molecular formula is C16H15ClN2O4. The van der Waals surface area contributed by atoms with Crippen LogP contribution in [0.15, 0.2) is 36.4 Å². The number of halogens is 1. The summed E-state index contributed by atoms with van der Waals surface area (Å²) in [6.07, 6.45) is 4.40. The molecule has 3 N–H and O–H groups in total. The van der Waals surface area contributed by atoms with E-state index in [1.165, 1.54) is 6.07 Å². The number of allylic oxidation sites excluding steroid dienone is 2. The molecule has 0 aliphatic heterocycles. The molecule has 2 bridgehead atoms. The number of carboxylic acids is 1. The Labute approximate surface area is 137 Å². The lowest BCUT2D eigenvalue weighted by atomic mass is 9.82. The van der Waals surface area contributed by atoms with E-state index in [9.17, 15) is 19.5 Å². The number of hydrazine groups is 1. The lowest BCUT2D eigenvalue weighted by molar-refractivity contribution is -0.148. The minimum Gasteiger partial charge on any atom is -0.481 e. The maximum Gasteiger partial charge on any atom is 0.307 e. The van der Waals surface area contributed by atoms with Gasteiger partial charge in [0.05, 0.1) is 22.4 Å². The zero-order chi connectivity index (χ0) is 16.6. The molecule has 7 heteroatoms. The monoisotopic (exact) mass is 334 g/mol. The van der Waals surface area contributed by atoms with Crippen molar-refractivity contribution in [1.82, 2.24) is 10.9 Å². The van der Waals surface area contributed by atoms with Gasteiger partial charge in [-0.2, -0.15) is 0 Å². The van der Waals surface area contributed by atoms with E-state index in [2.05, 4.69) is 10.9 Å². The molecule has 23 heavy (non-hydrogen) atoms. The highest BCUT2D eigenvalue weighted by Gasteiger charge is 2.51. The number of aliphatic carboxylic acids is 1. The quantitative estimate of drug-likeness (QED) is 0.578. The van der Waals surface area contributed by atoms with Crippen LogP contribution in [0.25, 0.3) is 0 Å². The van der Waals surface area contributed by atoms with Gasteiger partial charge in [0.1, 0.15) is 0 Å². The SMILES string of the molecule is O=C(NNC(=O)C1C(C(=O)O)[C@H]2C=C[C@@H]1C2)c1ccccc1Cl. The first-order valence-electron chi connectivity index (χ1n) is 7.25. The van der Waals surface area contributed by atoms with Gasteiger partial charge in [-0.3, -0.25) is 25.2 Å². The first-order valence-corrected chi connectivity index (χ1v) is 7.62. The average molecular weight is 335 g/mol. The van der Waals surface area contributed by atoms with Crippen LogP contribution in [0, 0.1) is 23.7 Å². The number of rotatable bonds is 3. The predicted molar refractivity (Wildman–Crippen MR) is 82.4 cm³/mol. The summed E-state index contributed by atoms with van der Waals surface area (Å²) in [6, 6.07) is 6.45. The molecule has 2 unspecified atom stereocenters. The minimum absolute atomic E-state index is 0.0988. The molecule has 2 aliphatic carbocycles. The predicted octanol–water partition coefficient (Wildman–Crippen LogP) is 1.62. The number of hydrogen-bond donors (Lipinski definition) is 3. The smallest absolute Gasteiger partial charge is 0.307 e. The molecule has 3 rings (SSSR count). The molecule has 0 radical (unpaired) electrons. The number of amides is 2. The molecule has 1 aromatic rings. The summed E-state index contributed by atoms with van der Waals surface area (Å²) in [5.74, 6) is -3.66. The van der Waals surface area contributed by atoms with Gasteiger partial charge in [-0.25, -0.2) is 0 Å². The molecule has 1 saturated carbocycles. The van der Waals surface area contributed by atoms with Crippen LogP contribution in [0.5, 0.6) is 0 Å². The summed E-state index contributed by atoms with van der Waals surface area (Å²) in [4.78, 5) is 35.7. The van der Waals surface area contributed by atoms with E-state index in [-0.39, 0.29) is 22.4 Å². The summed E-state index contributed by atoms with van der Waals surface area (Å²) in [5.41, 5.74) is 4.85. The maximum absolute atomic E-state index is 12.3. The molecule has 0 spiro atoms. The van der Waals surface area contributed by atoms with E-state index in [0.29, 0.717) is 6.42 Å². The summed E-state index contributed by atoms with van der Waals surface area (Å²) >= 11 is 5.92. The highest BCUT2D eigenvalue weighted by Crippen LogP contribution is 2.48. The van der Waals surface area contributed by atoms with Gasteiger partial charge >= 0.3 is 5.97 Å². The Bertz CT molecular complexity index is 703. The van der Waals surface area contributed by atoms with E-state index in [4.69, 9.17) is 11.6 Å². The fourth-order valence-electron chi connectivity index (χ4n) is 3.43. The van der Waals surface area contributed by atoms with Crippen molar-refractivity contribution in [3.05, 3.63) is 47.0 Å². The van der Waals surface area contributed by atoms with Crippen molar-refractivity contribution in [1.29, 1.82) is 0 Å². The molecule has 1 aromatic carbocycles. The lowest BCUT2D eigenvalue weighted by Crippen LogP contribution is -2.48. The normalized spacial score (nSPS) is 27.7. The second-order valence-corrected chi connectivity index (χ2v) is 6.17. The highest BCUT2D eigenvalue weighted by atomic mass is 35.5. The van der Waals surface area contributed by atoms with Crippen molar-refractivity contribution in [2.75, 3.05) is 0 Å². The van der Waals surface area contributed by atoms with Crippen LogP contribution in [0.3, 0.4) is 0 Å². The van der Waals surface area contributed by atoms with Crippen LogP contribution in [0.4, 0.5) is 0 Å². The molecule has 0 saturated heterocycles. The Balaban J connectivity index is 1.66. The molecule has 2 amide bonds. The third-order valence-electron chi connectivity index (χ3n) is 4.46. The Morgan fingerprint density at radius 3 is 2.35 bits per heavy atom. The number of hydrogen-bond acceptors (Lipinski definition) is 3. The number of carbonyl (C=O) groups excluding carboxylic acids is 2. The van der Waals surface area contributed by atoms with Crippen molar-refractivity contribution in [3.8, 4) is 0 Å². The van der Waals surface area contributed by atoms with Crippen LogP contribution < -0.4 is 10.9 Å². The van der Waals surface area contributed by atoms with Gasteiger partial charge in [0.2, 0.25) is 5.91 Å². The van der Waals surface area contributed by atoms with Gasteiger partial charge < -0.3 is 5.11 Å². The molecule has 6 nitrogen and oxygen atoms in total. The van der Waals surface area contributed by atoms with Gasteiger partial charge in [0.25, 0.3) is 5.91 Å². The molecule has 120 valence electrons. The van der Waals surface area contributed by atoms with Crippen molar-refractivity contribution in [3.63, 3.8) is 0 Å². The van der Waals surface area contributed by atoms with Crippen LogP contribution in [-0.4, -0.2) is 22.9 Å². The Hall–Kier alpha value is -2.34. The van der Waals surface area contributed by atoms with E-state index >= 15 is 0 Å². The molecule has 0 aromatic heterocycles.